The van der Waals surface area contributed by atoms with Gasteiger partial charge in [0.05, 0.1) is 32.0 Å². The number of nitrogens with one attached hydrogen (secondary N) is 1. The molecule has 7 unspecified atom stereocenters. The number of aliphatic hydroxyl groups excluding tert-OH is 5. The first-order valence-corrected chi connectivity index (χ1v) is 28.9. The lowest BCUT2D eigenvalue weighted by molar-refractivity contribution is -0.302. The molecular formula is C59H107NO10. The third-order valence-electron chi connectivity index (χ3n) is 13.4. The Hall–Kier alpha value is -2.38. The lowest BCUT2D eigenvalue weighted by Gasteiger charge is -2.40. The summed E-state index contributed by atoms with van der Waals surface area (Å²) >= 11 is 0. The van der Waals surface area contributed by atoms with Gasteiger partial charge in [0.2, 0.25) is 5.91 Å². The van der Waals surface area contributed by atoms with E-state index in [2.05, 4.69) is 55.6 Å². The van der Waals surface area contributed by atoms with Crippen molar-refractivity contribution in [3.05, 3.63) is 48.6 Å². The number of hydrogen-bond donors (Lipinski definition) is 6. The second-order valence-corrected chi connectivity index (χ2v) is 20.0. The zero-order valence-electron chi connectivity index (χ0n) is 44.7. The van der Waals surface area contributed by atoms with E-state index in [1.807, 2.05) is 6.08 Å². The van der Waals surface area contributed by atoms with Gasteiger partial charge in [-0.25, -0.2) is 0 Å². The van der Waals surface area contributed by atoms with Crippen LogP contribution >= 0.6 is 0 Å². The van der Waals surface area contributed by atoms with Crippen molar-refractivity contribution in [3.63, 3.8) is 0 Å². The Bertz CT molecular complexity index is 1300. The number of aliphatic hydroxyl groups is 5. The van der Waals surface area contributed by atoms with Crippen molar-refractivity contribution in [2.75, 3.05) is 19.8 Å². The molecule has 0 radical (unpaired) electrons. The molecule has 0 aromatic heterocycles. The minimum Gasteiger partial charge on any atom is -0.466 e. The second kappa shape index (κ2) is 48.9. The standard InChI is InChI=1S/C59H107NO10/c1-3-5-7-9-11-13-14-15-20-24-27-31-35-39-43-47-55(64)68-48-44-40-36-32-28-25-22-19-17-16-18-21-23-26-30-34-38-42-46-54(63)60-51(52(62)45-41-37-33-29-12-10-8-6-4-2)50-69-59-58(67)57(66)56(65)53(49-61)70-59/h12,15,18,20-21,29,41,45,51-53,56-59,61-62,65-67H,3-11,13-14,16-17,19,22-28,30-40,42-44,46-50H2,1-2H3,(H,60,63)/b20-15-,21-18-,29-12+,45-41+. The summed E-state index contributed by atoms with van der Waals surface area (Å²) in [4.78, 5) is 25.0. The third kappa shape index (κ3) is 38.3. The molecule has 0 bridgehead atoms. The first-order chi connectivity index (χ1) is 34.2. The van der Waals surface area contributed by atoms with Gasteiger partial charge in [-0.15, -0.1) is 0 Å². The molecule has 0 aliphatic carbocycles. The molecule has 11 nitrogen and oxygen atoms in total. The van der Waals surface area contributed by atoms with Gasteiger partial charge in [-0.3, -0.25) is 9.59 Å². The Balaban J connectivity index is 2.06. The van der Waals surface area contributed by atoms with Crippen molar-refractivity contribution >= 4 is 11.9 Å². The molecule has 0 spiro atoms. The minimum atomic E-state index is -1.58. The van der Waals surface area contributed by atoms with Crippen molar-refractivity contribution in [3.8, 4) is 0 Å². The van der Waals surface area contributed by atoms with E-state index in [-0.39, 0.29) is 18.5 Å². The van der Waals surface area contributed by atoms with Crippen LogP contribution in [0.5, 0.6) is 0 Å². The first-order valence-electron chi connectivity index (χ1n) is 28.9. The lowest BCUT2D eigenvalue weighted by atomic mass is 9.99. The number of unbranched alkanes of at least 4 members (excludes halogenated alkanes) is 29. The fraction of sp³-hybridized carbons (Fsp3) is 0.831. The maximum absolute atomic E-state index is 13.0. The van der Waals surface area contributed by atoms with E-state index in [1.165, 1.54) is 135 Å². The Morgan fingerprint density at radius 1 is 0.514 bits per heavy atom. The van der Waals surface area contributed by atoms with Crippen molar-refractivity contribution in [1.29, 1.82) is 0 Å². The predicted molar refractivity (Wildman–Crippen MR) is 287 cm³/mol. The number of esters is 1. The van der Waals surface area contributed by atoms with Crippen LogP contribution < -0.4 is 5.32 Å². The first kappa shape index (κ1) is 65.6. The van der Waals surface area contributed by atoms with Crippen LogP contribution in [0.25, 0.3) is 0 Å². The Morgan fingerprint density at radius 3 is 1.44 bits per heavy atom. The van der Waals surface area contributed by atoms with Crippen LogP contribution in [0.3, 0.4) is 0 Å². The summed E-state index contributed by atoms with van der Waals surface area (Å²) < 4.78 is 16.6. The van der Waals surface area contributed by atoms with E-state index in [9.17, 15) is 35.1 Å². The highest BCUT2D eigenvalue weighted by Gasteiger charge is 2.44. The topological polar surface area (TPSA) is 175 Å². The molecule has 0 aromatic rings. The molecule has 1 amide bonds. The minimum absolute atomic E-state index is 0.0222. The van der Waals surface area contributed by atoms with Crippen LogP contribution in [-0.2, 0) is 23.8 Å². The lowest BCUT2D eigenvalue weighted by Crippen LogP contribution is -2.60. The van der Waals surface area contributed by atoms with Gasteiger partial charge in [-0.1, -0.05) is 191 Å². The van der Waals surface area contributed by atoms with Crippen LogP contribution in [0.4, 0.5) is 0 Å². The average Bonchev–Trinajstić information content (AvgIpc) is 3.36. The molecule has 6 N–H and O–H groups in total. The van der Waals surface area contributed by atoms with Gasteiger partial charge in [-0.2, -0.15) is 0 Å². The number of carbonyl (C=O) groups is 2. The van der Waals surface area contributed by atoms with E-state index >= 15 is 0 Å². The monoisotopic (exact) mass is 990 g/mol. The van der Waals surface area contributed by atoms with E-state index in [0.29, 0.717) is 19.4 Å². The molecule has 1 rings (SSSR count). The summed E-state index contributed by atoms with van der Waals surface area (Å²) in [6.45, 7) is 4.23. The summed E-state index contributed by atoms with van der Waals surface area (Å²) in [5, 5.41) is 54.1. The quantitative estimate of drug-likeness (QED) is 0.0196. The van der Waals surface area contributed by atoms with Crippen LogP contribution in [0.1, 0.15) is 251 Å². The van der Waals surface area contributed by atoms with Gasteiger partial charge < -0.3 is 45.1 Å². The summed E-state index contributed by atoms with van der Waals surface area (Å²) in [7, 11) is 0. The molecule has 11 heteroatoms. The van der Waals surface area contributed by atoms with E-state index in [1.54, 1.807) is 6.08 Å². The molecule has 70 heavy (non-hydrogen) atoms. The predicted octanol–water partition coefficient (Wildman–Crippen LogP) is 12.9. The van der Waals surface area contributed by atoms with Gasteiger partial charge in [0.25, 0.3) is 0 Å². The summed E-state index contributed by atoms with van der Waals surface area (Å²) in [5.74, 6) is -0.232. The normalized spacial score (nSPS) is 19.6. The maximum atomic E-state index is 13.0. The zero-order chi connectivity index (χ0) is 51.0. The molecule has 1 aliphatic rings. The van der Waals surface area contributed by atoms with Gasteiger partial charge in [0.15, 0.2) is 6.29 Å². The number of carbonyl (C=O) groups excluding carboxylic acids is 2. The van der Waals surface area contributed by atoms with Gasteiger partial charge in [0, 0.05) is 12.8 Å². The molecular weight excluding hydrogens is 883 g/mol. The summed E-state index contributed by atoms with van der Waals surface area (Å²) in [6, 6.07) is -0.837. The van der Waals surface area contributed by atoms with Crippen LogP contribution in [0.15, 0.2) is 48.6 Å². The number of ether oxygens (including phenoxy) is 3. The molecule has 1 aliphatic heterocycles. The van der Waals surface area contributed by atoms with Crippen LogP contribution in [0.2, 0.25) is 0 Å². The smallest absolute Gasteiger partial charge is 0.305 e. The number of allylic oxidation sites excluding steroid dienone is 7. The fourth-order valence-corrected chi connectivity index (χ4v) is 8.73. The molecule has 1 heterocycles. The van der Waals surface area contributed by atoms with Gasteiger partial charge in [-0.05, 0) is 96.3 Å². The molecule has 0 saturated carbocycles. The number of hydrogen-bond acceptors (Lipinski definition) is 10. The van der Waals surface area contributed by atoms with E-state index in [4.69, 9.17) is 14.2 Å². The van der Waals surface area contributed by atoms with Crippen molar-refractivity contribution in [2.24, 2.45) is 0 Å². The molecule has 7 atom stereocenters. The van der Waals surface area contributed by atoms with Crippen LogP contribution in [0, 0.1) is 0 Å². The number of rotatable bonds is 49. The van der Waals surface area contributed by atoms with Crippen molar-refractivity contribution in [1.82, 2.24) is 5.32 Å². The highest BCUT2D eigenvalue weighted by Crippen LogP contribution is 2.23. The zero-order valence-corrected chi connectivity index (χ0v) is 44.7. The van der Waals surface area contributed by atoms with Crippen molar-refractivity contribution in [2.45, 2.75) is 294 Å². The summed E-state index contributed by atoms with van der Waals surface area (Å²) in [6.07, 6.45) is 50.7. The van der Waals surface area contributed by atoms with Gasteiger partial charge >= 0.3 is 5.97 Å². The largest absolute Gasteiger partial charge is 0.466 e. The maximum Gasteiger partial charge on any atom is 0.305 e. The average molecular weight is 991 g/mol. The molecule has 0 aromatic carbocycles. The Morgan fingerprint density at radius 2 is 0.929 bits per heavy atom. The van der Waals surface area contributed by atoms with Gasteiger partial charge in [0.1, 0.15) is 24.4 Å². The fourth-order valence-electron chi connectivity index (χ4n) is 8.73. The van der Waals surface area contributed by atoms with E-state index < -0.39 is 49.5 Å². The van der Waals surface area contributed by atoms with Crippen molar-refractivity contribution < 1.29 is 49.3 Å². The highest BCUT2D eigenvalue weighted by atomic mass is 16.7. The van der Waals surface area contributed by atoms with E-state index in [0.717, 1.165) is 89.9 Å². The van der Waals surface area contributed by atoms with Crippen LogP contribution in [-0.4, -0.2) is 100 Å². The highest BCUT2D eigenvalue weighted by molar-refractivity contribution is 5.76. The Labute approximate surface area is 427 Å². The molecule has 1 fully saturated rings. The second-order valence-electron chi connectivity index (χ2n) is 20.0. The third-order valence-corrected chi connectivity index (χ3v) is 13.4. The SMILES string of the molecule is CCCCC/C=C/CC/C=C/C(O)C(COC1OC(CO)C(O)C(O)C1O)NC(=O)CCCCCCC/C=C\CCCCCCCCCCCOC(=O)CCCCCCC/C=C\CCCCCCCC. The number of amides is 1. The molecule has 408 valence electrons. The Kier molecular flexibility index (Phi) is 45.8. The molecule has 1 saturated heterocycles. The summed E-state index contributed by atoms with van der Waals surface area (Å²) in [5.41, 5.74) is 0.